The van der Waals surface area contributed by atoms with Crippen LogP contribution in [0.1, 0.15) is 20.3 Å². The number of alkyl halides is 3. The van der Waals surface area contributed by atoms with E-state index in [1.54, 1.807) is 6.92 Å². The molecule has 0 aliphatic heterocycles. The molecule has 0 bridgehead atoms. The molecule has 1 rings (SSSR count). The Hall–Kier alpha value is -0.340. The standard InChI is InChI=1S/C13H18F3O4PS2/c1-3-9-23-20-21(17,18-4-2)19-11-5-7-12(8-6-11)22-10-13(14,15)16/h5-8H,3-4,9-10H2,1-2H3. The van der Waals surface area contributed by atoms with Crippen molar-refractivity contribution in [1.29, 1.82) is 0 Å². The van der Waals surface area contributed by atoms with E-state index in [9.17, 15) is 17.7 Å². The van der Waals surface area contributed by atoms with E-state index >= 15 is 0 Å². The van der Waals surface area contributed by atoms with Gasteiger partial charge in [0.1, 0.15) is 5.75 Å². The normalized spacial score (nSPS) is 14.5. The number of benzene rings is 1. The van der Waals surface area contributed by atoms with Crippen LogP contribution in [0.2, 0.25) is 0 Å². The van der Waals surface area contributed by atoms with Gasteiger partial charge in [-0.1, -0.05) is 6.92 Å². The average molecular weight is 390 g/mol. The minimum Gasteiger partial charge on any atom is -0.403 e. The van der Waals surface area contributed by atoms with Gasteiger partial charge in [-0.15, -0.1) is 11.8 Å². The van der Waals surface area contributed by atoms with Gasteiger partial charge < -0.3 is 4.52 Å². The van der Waals surface area contributed by atoms with Gasteiger partial charge in [-0.25, -0.2) is 8.54 Å². The second-order valence-electron chi connectivity index (χ2n) is 4.23. The molecule has 0 aromatic heterocycles. The van der Waals surface area contributed by atoms with Crippen LogP contribution < -0.4 is 4.52 Å². The molecule has 132 valence electrons. The fraction of sp³-hybridized carbons (Fsp3) is 0.538. The van der Waals surface area contributed by atoms with Crippen LogP contribution >= 0.6 is 31.6 Å². The Morgan fingerprint density at radius 3 is 2.35 bits per heavy atom. The first-order valence-electron chi connectivity index (χ1n) is 6.83. The van der Waals surface area contributed by atoms with Gasteiger partial charge in [0.05, 0.1) is 12.4 Å². The van der Waals surface area contributed by atoms with Crippen LogP contribution in [0, 0.1) is 0 Å². The van der Waals surface area contributed by atoms with Crippen LogP contribution in [0.3, 0.4) is 0 Å². The molecule has 10 heteroatoms. The molecule has 1 aromatic carbocycles. The maximum absolute atomic E-state index is 12.4. The maximum Gasteiger partial charge on any atom is 0.541 e. The van der Waals surface area contributed by atoms with Gasteiger partial charge in [0.25, 0.3) is 0 Å². The number of hydrogen-bond acceptors (Lipinski definition) is 6. The quantitative estimate of drug-likeness (QED) is 0.213. The zero-order valence-electron chi connectivity index (χ0n) is 12.7. The molecule has 0 fully saturated rings. The number of phosphoric ester groups is 1. The molecular formula is C13H18F3O4PS2. The van der Waals surface area contributed by atoms with E-state index < -0.39 is 19.8 Å². The van der Waals surface area contributed by atoms with Crippen LogP contribution in [-0.2, 0) is 13.1 Å². The Labute approximate surface area is 142 Å². The Morgan fingerprint density at radius 1 is 1.17 bits per heavy atom. The summed E-state index contributed by atoms with van der Waals surface area (Å²) >= 11 is 1.66. The second-order valence-corrected chi connectivity index (χ2v) is 7.85. The third-order valence-corrected chi connectivity index (χ3v) is 5.97. The second kappa shape index (κ2) is 9.84. The molecule has 0 aliphatic rings. The number of thioether (sulfide) groups is 1. The molecule has 0 saturated carbocycles. The topological polar surface area (TPSA) is 44.8 Å². The Kier molecular flexibility index (Phi) is 8.85. The Balaban J connectivity index is 2.64. The fourth-order valence-corrected chi connectivity index (χ4v) is 3.98. The summed E-state index contributed by atoms with van der Waals surface area (Å²) in [6, 6.07) is 5.78. The summed E-state index contributed by atoms with van der Waals surface area (Å²) in [7, 11) is -3.75. The summed E-state index contributed by atoms with van der Waals surface area (Å²) in [4.78, 5) is 0.433. The van der Waals surface area contributed by atoms with Crippen molar-refractivity contribution in [3.8, 4) is 5.75 Å². The van der Waals surface area contributed by atoms with E-state index in [0.717, 1.165) is 18.5 Å². The highest BCUT2D eigenvalue weighted by Crippen LogP contribution is 2.52. The maximum atomic E-state index is 12.4. The van der Waals surface area contributed by atoms with Crippen LogP contribution in [0.15, 0.2) is 29.2 Å². The predicted octanol–water partition coefficient (Wildman–Crippen LogP) is 5.94. The molecule has 0 spiro atoms. The molecule has 0 radical (unpaired) electrons. The lowest BCUT2D eigenvalue weighted by atomic mass is 10.3. The summed E-state index contributed by atoms with van der Waals surface area (Å²) in [6.07, 6.45) is -3.39. The van der Waals surface area contributed by atoms with Crippen molar-refractivity contribution in [3.63, 3.8) is 0 Å². The molecular weight excluding hydrogens is 372 g/mol. The van der Waals surface area contributed by atoms with Gasteiger partial charge in [0.15, 0.2) is 0 Å². The molecule has 0 aliphatic carbocycles. The smallest absolute Gasteiger partial charge is 0.403 e. The lowest BCUT2D eigenvalue weighted by Gasteiger charge is -2.16. The van der Waals surface area contributed by atoms with Crippen molar-refractivity contribution < 1.29 is 30.8 Å². The molecule has 1 unspecified atom stereocenters. The number of rotatable bonds is 10. The van der Waals surface area contributed by atoms with Crippen molar-refractivity contribution in [1.82, 2.24) is 0 Å². The summed E-state index contributed by atoms with van der Waals surface area (Å²) in [6.45, 7) is 3.74. The van der Waals surface area contributed by atoms with Crippen LogP contribution in [0.4, 0.5) is 13.2 Å². The highest BCUT2D eigenvalue weighted by atomic mass is 32.2. The van der Waals surface area contributed by atoms with Crippen molar-refractivity contribution in [2.45, 2.75) is 31.3 Å². The first kappa shape index (κ1) is 20.7. The lowest BCUT2D eigenvalue weighted by molar-refractivity contribution is -0.105. The van der Waals surface area contributed by atoms with Crippen LogP contribution in [0.5, 0.6) is 5.75 Å². The first-order valence-corrected chi connectivity index (χ1v) is 10.2. The molecule has 0 saturated heterocycles. The molecule has 23 heavy (non-hydrogen) atoms. The Morgan fingerprint density at radius 2 is 1.83 bits per heavy atom. The fourth-order valence-electron chi connectivity index (χ4n) is 1.30. The first-order chi connectivity index (χ1) is 10.8. The van der Waals surface area contributed by atoms with E-state index in [1.165, 1.54) is 24.3 Å². The highest BCUT2D eigenvalue weighted by Gasteiger charge is 2.29. The molecule has 0 heterocycles. The van der Waals surface area contributed by atoms with Gasteiger partial charge in [-0.3, -0.25) is 4.52 Å². The van der Waals surface area contributed by atoms with Crippen LogP contribution in [0.25, 0.3) is 0 Å². The number of halogens is 3. The molecule has 1 aromatic rings. The van der Waals surface area contributed by atoms with Gasteiger partial charge in [-0.2, -0.15) is 13.2 Å². The molecule has 0 amide bonds. The molecule has 1 atom stereocenters. The summed E-state index contributed by atoms with van der Waals surface area (Å²) in [5.41, 5.74) is 0. The number of hydrogen-bond donors (Lipinski definition) is 0. The van der Waals surface area contributed by atoms with E-state index in [0.29, 0.717) is 22.4 Å². The number of phosphoric acid groups is 1. The van der Waals surface area contributed by atoms with Crippen molar-refractivity contribution in [2.24, 2.45) is 0 Å². The summed E-state index contributed by atoms with van der Waals surface area (Å²) in [5.74, 6) is -0.135. The van der Waals surface area contributed by atoms with E-state index in [1.807, 2.05) is 6.92 Å². The lowest BCUT2D eigenvalue weighted by Crippen LogP contribution is -2.10. The van der Waals surface area contributed by atoms with Gasteiger partial charge in [0, 0.05) is 22.7 Å². The minimum absolute atomic E-state index is 0.142. The highest BCUT2D eigenvalue weighted by molar-refractivity contribution is 7.99. The minimum atomic E-state index is -4.23. The van der Waals surface area contributed by atoms with Crippen molar-refractivity contribution in [2.75, 3.05) is 18.1 Å². The van der Waals surface area contributed by atoms with Crippen molar-refractivity contribution >= 4 is 31.6 Å². The zero-order chi connectivity index (χ0) is 17.3. The third-order valence-electron chi connectivity index (χ3n) is 2.16. The van der Waals surface area contributed by atoms with E-state index in [2.05, 4.69) is 0 Å². The third kappa shape index (κ3) is 8.91. The molecule has 0 N–H and O–H groups in total. The SMILES string of the molecule is CCCSOP(=O)(OCC)Oc1ccc(SCC(F)(F)F)cc1. The Bertz CT molecular complexity index is 511. The summed E-state index contributed by atoms with van der Waals surface area (Å²) in [5, 5.41) is 0. The van der Waals surface area contributed by atoms with Gasteiger partial charge in [0.2, 0.25) is 0 Å². The average Bonchev–Trinajstić information content (AvgIpc) is 2.46. The van der Waals surface area contributed by atoms with Gasteiger partial charge in [-0.05, 0) is 37.6 Å². The van der Waals surface area contributed by atoms with Crippen LogP contribution in [-0.4, -0.2) is 24.3 Å². The van der Waals surface area contributed by atoms with E-state index in [-0.39, 0.29) is 12.4 Å². The largest absolute Gasteiger partial charge is 0.541 e. The molecule has 4 nitrogen and oxygen atoms in total. The van der Waals surface area contributed by atoms with Crippen molar-refractivity contribution in [3.05, 3.63) is 24.3 Å². The summed E-state index contributed by atoms with van der Waals surface area (Å²) < 4.78 is 64.2. The zero-order valence-corrected chi connectivity index (χ0v) is 15.2. The van der Waals surface area contributed by atoms with E-state index in [4.69, 9.17) is 13.0 Å². The monoisotopic (exact) mass is 390 g/mol. The predicted molar refractivity (Wildman–Crippen MR) is 86.9 cm³/mol. The van der Waals surface area contributed by atoms with Gasteiger partial charge >= 0.3 is 14.0 Å².